The van der Waals surface area contributed by atoms with Gasteiger partial charge in [-0.15, -0.1) is 0 Å². The fourth-order valence-corrected chi connectivity index (χ4v) is 6.44. The molecule has 4 N–H and O–H groups in total. The molecule has 2 atom stereocenters. The van der Waals surface area contributed by atoms with Crippen molar-refractivity contribution < 1.29 is 13.2 Å². The first-order chi connectivity index (χ1) is 16.9. The highest BCUT2D eigenvalue weighted by molar-refractivity contribution is 7.89. The van der Waals surface area contributed by atoms with Gasteiger partial charge in [0.1, 0.15) is 5.69 Å². The second-order valence-corrected chi connectivity index (χ2v) is 10.8. The van der Waals surface area contributed by atoms with Crippen LogP contribution in [-0.2, 0) is 10.0 Å². The van der Waals surface area contributed by atoms with E-state index in [2.05, 4.69) is 20.0 Å². The third-order valence-corrected chi connectivity index (χ3v) is 8.28. The van der Waals surface area contributed by atoms with Gasteiger partial charge in [0.2, 0.25) is 10.0 Å². The van der Waals surface area contributed by atoms with Crippen LogP contribution in [0.5, 0.6) is 0 Å². The van der Waals surface area contributed by atoms with Crippen LogP contribution in [0.4, 0.5) is 0 Å². The number of hydrogen-bond donors (Lipinski definition) is 4. The lowest BCUT2D eigenvalue weighted by Crippen LogP contribution is -2.45. The first-order valence-electron chi connectivity index (χ1n) is 11.1. The molecule has 0 unspecified atom stereocenters. The van der Waals surface area contributed by atoms with Gasteiger partial charge in [0.15, 0.2) is 0 Å². The summed E-state index contributed by atoms with van der Waals surface area (Å²) in [5.41, 5.74) is 3.71. The van der Waals surface area contributed by atoms with E-state index in [4.69, 9.17) is 11.6 Å². The summed E-state index contributed by atoms with van der Waals surface area (Å²) in [6.45, 7) is 0.111. The molecule has 0 fully saturated rings. The predicted molar refractivity (Wildman–Crippen MR) is 136 cm³/mol. The highest BCUT2D eigenvalue weighted by Gasteiger charge is 2.38. The molecular weight excluding hydrogens is 484 g/mol. The average Bonchev–Trinajstić information content (AvgIpc) is 3.42. The van der Waals surface area contributed by atoms with Crippen LogP contribution in [0.3, 0.4) is 0 Å². The third kappa shape index (κ3) is 3.70. The number of nitrogens with one attached hydrogen (secondary N) is 4. The van der Waals surface area contributed by atoms with Crippen LogP contribution in [0.25, 0.3) is 21.8 Å². The lowest BCUT2D eigenvalue weighted by molar-refractivity contribution is 0.0950. The number of aromatic nitrogens is 2. The Morgan fingerprint density at radius 2 is 1.69 bits per heavy atom. The normalized spacial score (nSPS) is 18.4. The number of hydrogen-bond acceptors (Lipinski definition) is 3. The smallest absolute Gasteiger partial charge is 0.268 e. The van der Waals surface area contributed by atoms with E-state index in [0.29, 0.717) is 10.7 Å². The molecule has 0 bridgehead atoms. The zero-order valence-corrected chi connectivity index (χ0v) is 20.0. The molecule has 7 nitrogen and oxygen atoms in total. The molecular formula is C26H21ClN4O3S. The third-order valence-electron chi connectivity index (χ3n) is 6.54. The molecule has 6 rings (SSSR count). The summed E-state index contributed by atoms with van der Waals surface area (Å²) in [4.78, 5) is 19.8. The van der Waals surface area contributed by atoms with Crippen LogP contribution >= 0.6 is 11.6 Å². The van der Waals surface area contributed by atoms with E-state index in [1.807, 2.05) is 42.6 Å². The second kappa shape index (κ2) is 8.27. The fourth-order valence-electron chi connectivity index (χ4n) is 5.00. The van der Waals surface area contributed by atoms with Crippen LogP contribution < -0.4 is 10.0 Å². The Balaban J connectivity index is 1.59. The molecule has 9 heteroatoms. The van der Waals surface area contributed by atoms with E-state index in [0.717, 1.165) is 32.9 Å². The van der Waals surface area contributed by atoms with Gasteiger partial charge in [0, 0.05) is 45.5 Å². The van der Waals surface area contributed by atoms with Crippen molar-refractivity contribution in [3.63, 3.8) is 0 Å². The van der Waals surface area contributed by atoms with E-state index in [1.54, 1.807) is 36.4 Å². The van der Waals surface area contributed by atoms with E-state index >= 15 is 0 Å². The Bertz CT molecular complexity index is 1690. The Labute approximate surface area is 206 Å². The minimum absolute atomic E-state index is 0.111. The highest BCUT2D eigenvalue weighted by atomic mass is 35.5. The number of carbonyl (C=O) groups excluding carboxylic acids is 1. The van der Waals surface area contributed by atoms with Crippen LogP contribution in [0.15, 0.2) is 83.9 Å². The summed E-state index contributed by atoms with van der Waals surface area (Å²) >= 11 is 6.34. The van der Waals surface area contributed by atoms with Gasteiger partial charge >= 0.3 is 0 Å². The number of para-hydroxylation sites is 1. The summed E-state index contributed by atoms with van der Waals surface area (Å²) in [5, 5.41) is 5.21. The molecule has 5 aromatic rings. The lowest BCUT2D eigenvalue weighted by Gasteiger charge is -2.26. The van der Waals surface area contributed by atoms with Gasteiger partial charge in [0.05, 0.1) is 10.9 Å². The molecule has 176 valence electrons. The first kappa shape index (κ1) is 21.9. The first-order valence-corrected chi connectivity index (χ1v) is 13.0. The molecule has 0 spiro atoms. The molecule has 3 heterocycles. The fraction of sp³-hybridized carbons (Fsp3) is 0.115. The average molecular weight is 505 g/mol. The maximum absolute atomic E-state index is 13.4. The maximum atomic E-state index is 13.4. The van der Waals surface area contributed by atoms with Crippen molar-refractivity contribution in [3.05, 3.63) is 101 Å². The molecule has 0 saturated carbocycles. The van der Waals surface area contributed by atoms with Gasteiger partial charge in [-0.2, -0.15) is 0 Å². The van der Waals surface area contributed by atoms with Crippen LogP contribution in [0, 0.1) is 0 Å². The monoisotopic (exact) mass is 504 g/mol. The topological polar surface area (TPSA) is 107 Å². The van der Waals surface area contributed by atoms with Crippen molar-refractivity contribution in [2.24, 2.45) is 0 Å². The molecule has 0 aliphatic carbocycles. The van der Waals surface area contributed by atoms with Gasteiger partial charge in [-0.1, -0.05) is 48.0 Å². The number of amides is 1. The van der Waals surface area contributed by atoms with Crippen LogP contribution in [0.2, 0.25) is 5.02 Å². The summed E-state index contributed by atoms with van der Waals surface area (Å²) in [6.07, 6.45) is 1.87. The summed E-state index contributed by atoms with van der Waals surface area (Å²) in [6, 6.07) is 20.8. The Hall–Kier alpha value is -3.59. The second-order valence-electron chi connectivity index (χ2n) is 8.62. The minimum atomic E-state index is -3.87. The largest absolute Gasteiger partial charge is 0.361 e. The number of rotatable bonds is 4. The molecule has 1 aliphatic heterocycles. The number of carbonyl (C=O) groups is 1. The van der Waals surface area contributed by atoms with Gasteiger partial charge < -0.3 is 15.3 Å². The summed E-state index contributed by atoms with van der Waals surface area (Å²) < 4.78 is 29.6. The van der Waals surface area contributed by atoms with Crippen LogP contribution in [0.1, 0.15) is 27.5 Å². The molecule has 2 aromatic heterocycles. The molecule has 0 saturated heterocycles. The Morgan fingerprint density at radius 3 is 2.51 bits per heavy atom. The van der Waals surface area contributed by atoms with E-state index < -0.39 is 22.0 Å². The Morgan fingerprint density at radius 1 is 0.914 bits per heavy atom. The molecule has 1 amide bonds. The van der Waals surface area contributed by atoms with E-state index in [-0.39, 0.29) is 17.3 Å². The van der Waals surface area contributed by atoms with Crippen molar-refractivity contribution in [2.45, 2.75) is 16.9 Å². The lowest BCUT2D eigenvalue weighted by atomic mass is 9.84. The van der Waals surface area contributed by atoms with Crippen molar-refractivity contribution >= 4 is 49.3 Å². The SMILES string of the molecule is O=C1NC[C@@H](NS(=O)(=O)c2ccccc2)[C@H](c2c[nH]c3ccc(Cl)cc23)c2c1[nH]c1ccccc21. The van der Waals surface area contributed by atoms with Gasteiger partial charge in [-0.05, 0) is 47.5 Å². The summed E-state index contributed by atoms with van der Waals surface area (Å²) in [5.74, 6) is -0.758. The number of sulfonamides is 1. The van der Waals surface area contributed by atoms with Crippen molar-refractivity contribution in [3.8, 4) is 0 Å². The highest BCUT2D eigenvalue weighted by Crippen LogP contribution is 2.41. The number of benzene rings is 3. The number of aromatic amines is 2. The van der Waals surface area contributed by atoms with Gasteiger partial charge in [-0.3, -0.25) is 4.79 Å². The van der Waals surface area contributed by atoms with E-state index in [9.17, 15) is 13.2 Å². The molecule has 35 heavy (non-hydrogen) atoms. The van der Waals surface area contributed by atoms with Gasteiger partial charge in [0.25, 0.3) is 5.91 Å². The van der Waals surface area contributed by atoms with Crippen molar-refractivity contribution in [1.29, 1.82) is 0 Å². The summed E-state index contributed by atoms with van der Waals surface area (Å²) in [7, 11) is -3.87. The molecule has 1 aliphatic rings. The van der Waals surface area contributed by atoms with Gasteiger partial charge in [-0.25, -0.2) is 13.1 Å². The Kier molecular flexibility index (Phi) is 5.17. The van der Waals surface area contributed by atoms with Crippen molar-refractivity contribution in [1.82, 2.24) is 20.0 Å². The maximum Gasteiger partial charge on any atom is 0.268 e. The zero-order valence-electron chi connectivity index (χ0n) is 18.4. The standard InChI is InChI=1S/C26H21ClN4O3S/c27-15-10-11-20-18(12-15)19(13-28-20)23-22(31-35(33,34)16-6-2-1-3-7-16)14-29-26(32)25-24(23)17-8-4-5-9-21(17)30-25/h1-13,22-23,28,30-31H,14H2,(H,29,32)/t22-,23+/m1/s1. The molecule has 3 aromatic carbocycles. The van der Waals surface area contributed by atoms with Crippen molar-refractivity contribution in [2.75, 3.05) is 6.54 Å². The number of H-pyrrole nitrogens is 2. The number of halogens is 1. The van der Waals surface area contributed by atoms with E-state index in [1.165, 1.54) is 0 Å². The quantitative estimate of drug-likeness (QED) is 0.289. The zero-order chi connectivity index (χ0) is 24.2. The number of fused-ring (bicyclic) bond motifs is 4. The van der Waals surface area contributed by atoms with Crippen LogP contribution in [-0.4, -0.2) is 36.9 Å². The minimum Gasteiger partial charge on any atom is -0.361 e. The predicted octanol–water partition coefficient (Wildman–Crippen LogP) is 4.53. The molecule has 0 radical (unpaired) electrons.